The van der Waals surface area contributed by atoms with Crippen molar-refractivity contribution < 1.29 is 19.1 Å². The molecule has 1 saturated heterocycles. The van der Waals surface area contributed by atoms with Crippen LogP contribution in [0.1, 0.15) is 12.0 Å². The average molecular weight is 369 g/mol. The Hall–Kier alpha value is -2.93. The van der Waals surface area contributed by atoms with Crippen molar-refractivity contribution in [3.8, 4) is 5.75 Å². The largest absolute Gasteiger partial charge is 0.484 e. The standard InChI is InChI=1S/C20H23N3O4/c24-19(8-3-16-2-1-9-21-14-16)22-17-4-6-18(7-5-17)27-15-20(25)23-10-12-26-13-11-23/h1-2,4-7,9,14H,3,8,10-13,15H2,(H,22,24). The molecule has 1 aromatic heterocycles. The van der Waals surface area contributed by atoms with E-state index >= 15 is 0 Å². The molecule has 1 N–H and O–H groups in total. The zero-order chi connectivity index (χ0) is 18.9. The molecule has 7 nitrogen and oxygen atoms in total. The molecule has 0 atom stereocenters. The maximum absolute atomic E-state index is 12.1. The van der Waals surface area contributed by atoms with Crippen LogP contribution >= 0.6 is 0 Å². The molecular weight excluding hydrogens is 346 g/mol. The van der Waals surface area contributed by atoms with Crippen molar-refractivity contribution in [2.75, 3.05) is 38.2 Å². The lowest BCUT2D eigenvalue weighted by molar-refractivity contribution is -0.137. The highest BCUT2D eigenvalue weighted by atomic mass is 16.5. The third-order valence-corrected chi connectivity index (χ3v) is 4.23. The van der Waals surface area contributed by atoms with E-state index in [-0.39, 0.29) is 18.4 Å². The van der Waals surface area contributed by atoms with Gasteiger partial charge in [0.2, 0.25) is 5.91 Å². The van der Waals surface area contributed by atoms with Gasteiger partial charge in [-0.2, -0.15) is 0 Å². The van der Waals surface area contributed by atoms with Crippen LogP contribution in [-0.4, -0.2) is 54.6 Å². The molecule has 0 aliphatic carbocycles. The minimum atomic E-state index is -0.0602. The first-order valence-corrected chi connectivity index (χ1v) is 8.98. The monoisotopic (exact) mass is 369 g/mol. The summed E-state index contributed by atoms with van der Waals surface area (Å²) < 4.78 is 10.8. The Balaban J connectivity index is 1.41. The van der Waals surface area contributed by atoms with Crippen LogP contribution in [0, 0.1) is 0 Å². The van der Waals surface area contributed by atoms with Gasteiger partial charge in [-0.1, -0.05) is 6.07 Å². The van der Waals surface area contributed by atoms with E-state index in [4.69, 9.17) is 9.47 Å². The lowest BCUT2D eigenvalue weighted by atomic mass is 10.1. The molecule has 2 heterocycles. The molecule has 3 rings (SSSR count). The number of nitrogens with one attached hydrogen (secondary N) is 1. The summed E-state index contributed by atoms with van der Waals surface area (Å²) >= 11 is 0. The maximum atomic E-state index is 12.1. The highest BCUT2D eigenvalue weighted by molar-refractivity contribution is 5.90. The van der Waals surface area contributed by atoms with E-state index in [1.165, 1.54) is 0 Å². The summed E-state index contributed by atoms with van der Waals surface area (Å²) in [4.78, 5) is 29.9. The number of anilines is 1. The quantitative estimate of drug-likeness (QED) is 0.806. The van der Waals surface area contributed by atoms with Gasteiger partial charge in [-0.15, -0.1) is 0 Å². The van der Waals surface area contributed by atoms with Crippen LogP contribution in [0.3, 0.4) is 0 Å². The Morgan fingerprint density at radius 3 is 2.63 bits per heavy atom. The summed E-state index contributed by atoms with van der Waals surface area (Å²) in [5.41, 5.74) is 1.72. The van der Waals surface area contributed by atoms with Gasteiger partial charge in [0, 0.05) is 37.6 Å². The molecule has 0 unspecified atom stereocenters. The van der Waals surface area contributed by atoms with Gasteiger partial charge in [0.15, 0.2) is 6.61 Å². The fourth-order valence-electron chi connectivity index (χ4n) is 2.71. The van der Waals surface area contributed by atoms with Crippen molar-refractivity contribution in [2.24, 2.45) is 0 Å². The number of aryl methyl sites for hydroxylation is 1. The predicted octanol–water partition coefficient (Wildman–Crippen LogP) is 1.89. The number of pyridine rings is 1. The van der Waals surface area contributed by atoms with Gasteiger partial charge in [-0.25, -0.2) is 0 Å². The lowest BCUT2D eigenvalue weighted by Gasteiger charge is -2.26. The van der Waals surface area contributed by atoms with Crippen LogP contribution < -0.4 is 10.1 Å². The number of aromatic nitrogens is 1. The van der Waals surface area contributed by atoms with Crippen molar-refractivity contribution in [2.45, 2.75) is 12.8 Å². The number of benzene rings is 1. The van der Waals surface area contributed by atoms with Crippen molar-refractivity contribution in [3.63, 3.8) is 0 Å². The Labute approximate surface area is 158 Å². The highest BCUT2D eigenvalue weighted by Gasteiger charge is 2.17. The Morgan fingerprint density at radius 2 is 1.93 bits per heavy atom. The molecule has 2 aromatic rings. The first-order chi connectivity index (χ1) is 13.2. The summed E-state index contributed by atoms with van der Waals surface area (Å²) in [5.74, 6) is 0.478. The molecule has 1 aromatic carbocycles. The normalized spacial score (nSPS) is 13.9. The van der Waals surface area contributed by atoms with E-state index in [2.05, 4.69) is 10.3 Å². The maximum Gasteiger partial charge on any atom is 0.260 e. The summed E-state index contributed by atoms with van der Waals surface area (Å²) in [7, 11) is 0. The molecule has 2 amide bonds. The van der Waals surface area contributed by atoms with Crippen LogP contribution in [0.4, 0.5) is 5.69 Å². The zero-order valence-corrected chi connectivity index (χ0v) is 15.1. The Morgan fingerprint density at radius 1 is 1.15 bits per heavy atom. The fraction of sp³-hybridized carbons (Fsp3) is 0.350. The van der Waals surface area contributed by atoms with E-state index < -0.39 is 0 Å². The van der Waals surface area contributed by atoms with Gasteiger partial charge in [0.05, 0.1) is 13.2 Å². The molecule has 1 aliphatic rings. The number of rotatable bonds is 7. The highest BCUT2D eigenvalue weighted by Crippen LogP contribution is 2.16. The van der Waals surface area contributed by atoms with Gasteiger partial charge < -0.3 is 19.7 Å². The van der Waals surface area contributed by atoms with Crippen LogP contribution in [0.25, 0.3) is 0 Å². The lowest BCUT2D eigenvalue weighted by Crippen LogP contribution is -2.42. The minimum absolute atomic E-state index is 0.00316. The SMILES string of the molecule is O=C(CCc1cccnc1)Nc1ccc(OCC(=O)N2CCOCC2)cc1. The molecule has 0 saturated carbocycles. The number of hydrogen-bond donors (Lipinski definition) is 1. The first-order valence-electron chi connectivity index (χ1n) is 8.98. The molecular formula is C20H23N3O4. The minimum Gasteiger partial charge on any atom is -0.484 e. The number of carbonyl (C=O) groups is 2. The van der Waals surface area contributed by atoms with Gasteiger partial charge in [-0.05, 0) is 42.3 Å². The van der Waals surface area contributed by atoms with Crippen LogP contribution in [0.5, 0.6) is 5.75 Å². The second kappa shape index (κ2) is 9.68. The smallest absolute Gasteiger partial charge is 0.260 e. The average Bonchev–Trinajstić information content (AvgIpc) is 2.73. The van der Waals surface area contributed by atoms with E-state index in [0.717, 1.165) is 5.56 Å². The van der Waals surface area contributed by atoms with E-state index in [1.54, 1.807) is 41.6 Å². The van der Waals surface area contributed by atoms with Gasteiger partial charge in [0.25, 0.3) is 5.91 Å². The molecule has 1 aliphatic heterocycles. The molecule has 1 fully saturated rings. The summed E-state index contributed by atoms with van der Waals surface area (Å²) in [5, 5.41) is 2.85. The topological polar surface area (TPSA) is 80.8 Å². The second-order valence-electron chi connectivity index (χ2n) is 6.22. The summed E-state index contributed by atoms with van der Waals surface area (Å²) in [6.45, 7) is 2.34. The fourth-order valence-corrected chi connectivity index (χ4v) is 2.71. The molecule has 0 radical (unpaired) electrons. The van der Waals surface area contributed by atoms with Crippen molar-refractivity contribution in [1.82, 2.24) is 9.88 Å². The number of amides is 2. The third kappa shape index (κ3) is 6.07. The molecule has 0 bridgehead atoms. The summed E-state index contributed by atoms with van der Waals surface area (Å²) in [6, 6.07) is 10.8. The van der Waals surface area contributed by atoms with Crippen LogP contribution in [0.2, 0.25) is 0 Å². The number of morpholine rings is 1. The van der Waals surface area contributed by atoms with Crippen LogP contribution in [0.15, 0.2) is 48.8 Å². The molecule has 142 valence electrons. The second-order valence-corrected chi connectivity index (χ2v) is 6.22. The number of carbonyl (C=O) groups excluding carboxylic acids is 2. The van der Waals surface area contributed by atoms with Gasteiger partial charge >= 0.3 is 0 Å². The zero-order valence-electron chi connectivity index (χ0n) is 15.1. The molecule has 0 spiro atoms. The van der Waals surface area contributed by atoms with E-state index in [9.17, 15) is 9.59 Å². The van der Waals surface area contributed by atoms with Gasteiger partial charge in [-0.3, -0.25) is 14.6 Å². The Kier molecular flexibility index (Phi) is 6.76. The van der Waals surface area contributed by atoms with Crippen molar-refractivity contribution in [3.05, 3.63) is 54.4 Å². The number of ether oxygens (including phenoxy) is 2. The molecule has 27 heavy (non-hydrogen) atoms. The number of nitrogens with zero attached hydrogens (tertiary/aromatic N) is 2. The number of hydrogen-bond acceptors (Lipinski definition) is 5. The first kappa shape index (κ1) is 18.8. The predicted molar refractivity (Wildman–Crippen MR) is 101 cm³/mol. The van der Waals surface area contributed by atoms with Crippen molar-refractivity contribution >= 4 is 17.5 Å². The van der Waals surface area contributed by atoms with E-state index in [0.29, 0.717) is 50.6 Å². The van der Waals surface area contributed by atoms with Crippen LogP contribution in [-0.2, 0) is 20.7 Å². The summed E-state index contributed by atoms with van der Waals surface area (Å²) in [6.07, 6.45) is 4.50. The van der Waals surface area contributed by atoms with E-state index in [1.807, 2.05) is 12.1 Å². The third-order valence-electron chi connectivity index (χ3n) is 4.23. The Bertz CT molecular complexity index is 744. The van der Waals surface area contributed by atoms with Gasteiger partial charge in [0.1, 0.15) is 5.75 Å². The molecule has 7 heteroatoms. The van der Waals surface area contributed by atoms with Crippen molar-refractivity contribution in [1.29, 1.82) is 0 Å².